The summed E-state index contributed by atoms with van der Waals surface area (Å²) in [5.74, 6) is 2.99. The Morgan fingerprint density at radius 3 is 2.28 bits per heavy atom. The zero-order valence-corrected chi connectivity index (χ0v) is 12.6. The molecule has 2 unspecified atom stereocenters. The second-order valence-electron chi connectivity index (χ2n) is 7.01. The lowest BCUT2D eigenvalue weighted by molar-refractivity contribution is 0.253. The van der Waals surface area contributed by atoms with Crippen molar-refractivity contribution in [3.05, 3.63) is 0 Å². The van der Waals surface area contributed by atoms with Crippen molar-refractivity contribution < 1.29 is 0 Å². The number of nitrogens with one attached hydrogen (secondary N) is 1. The summed E-state index contributed by atoms with van der Waals surface area (Å²) >= 11 is 0. The van der Waals surface area contributed by atoms with Crippen LogP contribution in [0.25, 0.3) is 0 Å². The molecule has 18 heavy (non-hydrogen) atoms. The highest BCUT2D eigenvalue weighted by atomic mass is 14.9. The summed E-state index contributed by atoms with van der Waals surface area (Å²) in [4.78, 5) is 0. The molecule has 1 N–H and O–H groups in total. The molecule has 0 radical (unpaired) electrons. The van der Waals surface area contributed by atoms with Crippen LogP contribution in [-0.2, 0) is 0 Å². The van der Waals surface area contributed by atoms with Crippen LogP contribution in [-0.4, -0.2) is 12.6 Å². The van der Waals surface area contributed by atoms with Crippen LogP contribution < -0.4 is 5.32 Å². The van der Waals surface area contributed by atoms with Gasteiger partial charge in [-0.25, -0.2) is 0 Å². The third kappa shape index (κ3) is 4.57. The van der Waals surface area contributed by atoms with E-state index >= 15 is 0 Å². The first-order valence-corrected chi connectivity index (χ1v) is 8.51. The Morgan fingerprint density at radius 1 is 0.833 bits per heavy atom. The highest BCUT2D eigenvalue weighted by Crippen LogP contribution is 2.30. The topological polar surface area (TPSA) is 12.0 Å². The summed E-state index contributed by atoms with van der Waals surface area (Å²) in [7, 11) is 0. The van der Waals surface area contributed by atoms with Gasteiger partial charge in [0.2, 0.25) is 0 Å². The van der Waals surface area contributed by atoms with Crippen molar-refractivity contribution in [2.75, 3.05) is 6.54 Å². The van der Waals surface area contributed by atoms with Crippen molar-refractivity contribution in [1.29, 1.82) is 0 Å². The molecule has 0 aromatic rings. The van der Waals surface area contributed by atoms with E-state index in [-0.39, 0.29) is 0 Å². The van der Waals surface area contributed by atoms with E-state index in [4.69, 9.17) is 0 Å². The van der Waals surface area contributed by atoms with Crippen LogP contribution >= 0.6 is 0 Å². The SMILES string of the molecule is CCC1CCC(CNC2CCCC(C)CC2)CC1. The van der Waals surface area contributed by atoms with Crippen LogP contribution in [0.1, 0.15) is 78.1 Å². The Hall–Kier alpha value is -0.0400. The fourth-order valence-electron chi connectivity index (χ4n) is 3.87. The minimum atomic E-state index is 0.832. The maximum Gasteiger partial charge on any atom is 0.00672 e. The van der Waals surface area contributed by atoms with Crippen molar-refractivity contribution in [2.24, 2.45) is 17.8 Å². The second-order valence-corrected chi connectivity index (χ2v) is 7.01. The minimum Gasteiger partial charge on any atom is -0.314 e. The van der Waals surface area contributed by atoms with Crippen LogP contribution in [0.4, 0.5) is 0 Å². The Balaban J connectivity index is 1.62. The standard InChI is InChI=1S/C17H33N/c1-3-15-8-10-16(11-9-15)13-18-17-6-4-5-14(2)7-12-17/h14-18H,3-13H2,1-2H3. The number of hydrogen-bond acceptors (Lipinski definition) is 1. The third-order valence-electron chi connectivity index (χ3n) is 5.50. The first-order chi connectivity index (χ1) is 8.78. The van der Waals surface area contributed by atoms with Gasteiger partial charge < -0.3 is 5.32 Å². The third-order valence-corrected chi connectivity index (χ3v) is 5.50. The van der Waals surface area contributed by atoms with Gasteiger partial charge in [-0.15, -0.1) is 0 Å². The van der Waals surface area contributed by atoms with E-state index in [0.29, 0.717) is 0 Å². The lowest BCUT2D eigenvalue weighted by Crippen LogP contribution is -2.34. The van der Waals surface area contributed by atoms with Gasteiger partial charge in [-0.05, 0) is 56.4 Å². The molecule has 2 atom stereocenters. The molecule has 2 fully saturated rings. The van der Waals surface area contributed by atoms with Crippen LogP contribution in [0, 0.1) is 17.8 Å². The summed E-state index contributed by atoms with van der Waals surface area (Å²) in [5, 5.41) is 3.88. The van der Waals surface area contributed by atoms with Gasteiger partial charge in [0.25, 0.3) is 0 Å². The molecule has 1 heteroatoms. The molecule has 2 aliphatic carbocycles. The summed E-state index contributed by atoms with van der Waals surface area (Å²) in [6, 6.07) is 0.832. The van der Waals surface area contributed by atoms with Crippen molar-refractivity contribution in [3.63, 3.8) is 0 Å². The Labute approximate surface area is 114 Å². The molecule has 2 aliphatic rings. The largest absolute Gasteiger partial charge is 0.314 e. The van der Waals surface area contributed by atoms with E-state index in [9.17, 15) is 0 Å². The van der Waals surface area contributed by atoms with Crippen LogP contribution in [0.2, 0.25) is 0 Å². The summed E-state index contributed by atoms with van der Waals surface area (Å²) in [5.41, 5.74) is 0. The molecule has 0 aromatic carbocycles. The molecule has 0 saturated heterocycles. The quantitative estimate of drug-likeness (QED) is 0.710. The maximum absolute atomic E-state index is 3.88. The van der Waals surface area contributed by atoms with E-state index in [0.717, 1.165) is 23.8 Å². The van der Waals surface area contributed by atoms with Gasteiger partial charge in [0.15, 0.2) is 0 Å². The monoisotopic (exact) mass is 251 g/mol. The van der Waals surface area contributed by atoms with E-state index in [1.807, 2.05) is 0 Å². The van der Waals surface area contributed by atoms with Crippen molar-refractivity contribution in [2.45, 2.75) is 84.1 Å². The van der Waals surface area contributed by atoms with E-state index in [1.165, 1.54) is 70.8 Å². The van der Waals surface area contributed by atoms with E-state index in [2.05, 4.69) is 19.2 Å². The first-order valence-electron chi connectivity index (χ1n) is 8.51. The zero-order chi connectivity index (χ0) is 12.8. The second kappa shape index (κ2) is 7.53. The predicted octanol–water partition coefficient (Wildman–Crippen LogP) is 4.76. The Kier molecular flexibility index (Phi) is 6.01. The fourth-order valence-corrected chi connectivity index (χ4v) is 3.87. The van der Waals surface area contributed by atoms with E-state index < -0.39 is 0 Å². The highest BCUT2D eigenvalue weighted by molar-refractivity contribution is 4.77. The van der Waals surface area contributed by atoms with Gasteiger partial charge in [-0.3, -0.25) is 0 Å². The smallest absolute Gasteiger partial charge is 0.00672 e. The normalized spacial score (nSPS) is 38.3. The van der Waals surface area contributed by atoms with Gasteiger partial charge in [0, 0.05) is 6.04 Å². The zero-order valence-electron chi connectivity index (χ0n) is 12.6. The van der Waals surface area contributed by atoms with Crippen molar-refractivity contribution in [1.82, 2.24) is 5.32 Å². The predicted molar refractivity (Wildman–Crippen MR) is 79.8 cm³/mol. The van der Waals surface area contributed by atoms with Gasteiger partial charge >= 0.3 is 0 Å². The molecule has 106 valence electrons. The first kappa shape index (κ1) is 14.4. The molecular formula is C17H33N. The molecule has 2 rings (SSSR count). The number of rotatable bonds is 4. The Morgan fingerprint density at radius 2 is 1.56 bits per heavy atom. The number of hydrogen-bond donors (Lipinski definition) is 1. The average Bonchev–Trinajstić information content (AvgIpc) is 2.62. The lowest BCUT2D eigenvalue weighted by atomic mass is 9.81. The molecule has 0 bridgehead atoms. The molecule has 0 aliphatic heterocycles. The molecule has 0 spiro atoms. The molecule has 1 nitrogen and oxygen atoms in total. The van der Waals surface area contributed by atoms with Gasteiger partial charge in [0.1, 0.15) is 0 Å². The van der Waals surface area contributed by atoms with Crippen molar-refractivity contribution in [3.8, 4) is 0 Å². The minimum absolute atomic E-state index is 0.832. The summed E-state index contributed by atoms with van der Waals surface area (Å²) in [6.07, 6.45) is 14.5. The lowest BCUT2D eigenvalue weighted by Gasteiger charge is -2.29. The van der Waals surface area contributed by atoms with Gasteiger partial charge in [-0.2, -0.15) is 0 Å². The average molecular weight is 251 g/mol. The van der Waals surface area contributed by atoms with Crippen LogP contribution in [0.5, 0.6) is 0 Å². The Bertz CT molecular complexity index is 218. The van der Waals surface area contributed by atoms with Crippen LogP contribution in [0.3, 0.4) is 0 Å². The summed E-state index contributed by atoms with van der Waals surface area (Å²) < 4.78 is 0. The molecule has 2 saturated carbocycles. The summed E-state index contributed by atoms with van der Waals surface area (Å²) in [6.45, 7) is 6.08. The molecule has 0 aromatic heterocycles. The highest BCUT2D eigenvalue weighted by Gasteiger charge is 2.21. The van der Waals surface area contributed by atoms with Crippen molar-refractivity contribution >= 4 is 0 Å². The van der Waals surface area contributed by atoms with Gasteiger partial charge in [-0.1, -0.05) is 46.0 Å². The molecule has 0 amide bonds. The fraction of sp³-hybridized carbons (Fsp3) is 1.00. The van der Waals surface area contributed by atoms with Gasteiger partial charge in [0.05, 0.1) is 0 Å². The molecule has 0 heterocycles. The maximum atomic E-state index is 3.88. The van der Waals surface area contributed by atoms with Crippen LogP contribution in [0.15, 0.2) is 0 Å². The van der Waals surface area contributed by atoms with E-state index in [1.54, 1.807) is 0 Å². The molecular weight excluding hydrogens is 218 g/mol.